The largest absolute Gasteiger partial charge is 0.494 e. The van der Waals surface area contributed by atoms with Gasteiger partial charge in [-0.3, -0.25) is 0 Å². The van der Waals surface area contributed by atoms with Crippen molar-refractivity contribution in [2.75, 3.05) is 19.8 Å². The molecular weight excluding hydrogens is 226 g/mol. The molecule has 102 valence electrons. The quantitative estimate of drug-likeness (QED) is 0.722. The fourth-order valence-electron chi connectivity index (χ4n) is 1.54. The Labute approximate surface area is 110 Å². The van der Waals surface area contributed by atoms with Crippen molar-refractivity contribution in [1.29, 1.82) is 0 Å². The van der Waals surface area contributed by atoms with Gasteiger partial charge in [-0.15, -0.1) is 0 Å². The summed E-state index contributed by atoms with van der Waals surface area (Å²) >= 11 is 0. The Morgan fingerprint density at radius 2 is 1.89 bits per heavy atom. The molecule has 0 atom stereocenters. The minimum absolute atomic E-state index is 0.238. The lowest BCUT2D eigenvalue weighted by molar-refractivity contribution is 0.0919. The van der Waals surface area contributed by atoms with Gasteiger partial charge in [0, 0.05) is 12.1 Å². The number of nitrogens with two attached hydrogens (primary N) is 1. The van der Waals surface area contributed by atoms with Crippen molar-refractivity contribution >= 4 is 0 Å². The van der Waals surface area contributed by atoms with Crippen molar-refractivity contribution in [3.63, 3.8) is 0 Å². The minimum atomic E-state index is -0.238. The zero-order valence-electron chi connectivity index (χ0n) is 11.7. The summed E-state index contributed by atoms with van der Waals surface area (Å²) in [5.41, 5.74) is 6.80. The zero-order chi connectivity index (χ0) is 13.4. The number of hydrogen-bond donors (Lipinski definition) is 1. The molecule has 0 heterocycles. The Kier molecular flexibility index (Phi) is 6.16. The van der Waals surface area contributed by atoms with Crippen LogP contribution >= 0.6 is 0 Å². The first-order valence-electron chi connectivity index (χ1n) is 6.53. The van der Waals surface area contributed by atoms with Crippen LogP contribution in [0.4, 0.5) is 0 Å². The fraction of sp³-hybridized carbons (Fsp3) is 0.600. The molecule has 0 aromatic heterocycles. The molecule has 3 nitrogen and oxygen atoms in total. The molecule has 0 aliphatic rings. The molecule has 3 heteroatoms. The van der Waals surface area contributed by atoms with Gasteiger partial charge < -0.3 is 15.2 Å². The monoisotopic (exact) mass is 251 g/mol. The molecule has 0 aliphatic heterocycles. The van der Waals surface area contributed by atoms with Crippen LogP contribution in [-0.4, -0.2) is 25.4 Å². The SMILES string of the molecule is Cc1cccc(OCCCCOCC(C)(C)N)c1. The molecule has 0 bridgehead atoms. The Morgan fingerprint density at radius 1 is 1.17 bits per heavy atom. The van der Waals surface area contributed by atoms with E-state index >= 15 is 0 Å². The molecule has 18 heavy (non-hydrogen) atoms. The van der Waals surface area contributed by atoms with Gasteiger partial charge in [0.2, 0.25) is 0 Å². The molecule has 0 saturated carbocycles. The molecule has 1 rings (SSSR count). The second kappa shape index (κ2) is 7.39. The molecule has 0 spiro atoms. The van der Waals surface area contributed by atoms with Crippen molar-refractivity contribution < 1.29 is 9.47 Å². The zero-order valence-corrected chi connectivity index (χ0v) is 11.7. The molecule has 1 aromatic carbocycles. The van der Waals surface area contributed by atoms with E-state index in [2.05, 4.69) is 13.0 Å². The van der Waals surface area contributed by atoms with Crippen LogP contribution in [0.25, 0.3) is 0 Å². The first-order chi connectivity index (χ1) is 8.47. The number of hydrogen-bond acceptors (Lipinski definition) is 3. The van der Waals surface area contributed by atoms with Crippen LogP contribution in [0.5, 0.6) is 5.75 Å². The van der Waals surface area contributed by atoms with Crippen LogP contribution in [0.15, 0.2) is 24.3 Å². The standard InChI is InChI=1S/C15H25NO2/c1-13-7-6-8-14(11-13)18-10-5-4-9-17-12-15(2,3)16/h6-8,11H,4-5,9-10,12,16H2,1-3H3. The Bertz CT molecular complexity index is 345. The third-order valence-corrected chi connectivity index (χ3v) is 2.42. The maximum absolute atomic E-state index is 5.82. The van der Waals surface area contributed by atoms with E-state index in [0.29, 0.717) is 6.61 Å². The third kappa shape index (κ3) is 7.30. The number of aryl methyl sites for hydroxylation is 1. The molecule has 2 N–H and O–H groups in total. The Balaban J connectivity index is 2.02. The number of ether oxygens (including phenoxy) is 2. The van der Waals surface area contributed by atoms with E-state index in [0.717, 1.165) is 31.8 Å². The van der Waals surface area contributed by atoms with Crippen LogP contribution in [0.1, 0.15) is 32.3 Å². The van der Waals surface area contributed by atoms with Crippen molar-refractivity contribution in [2.24, 2.45) is 5.73 Å². The second-order valence-electron chi connectivity index (χ2n) is 5.41. The number of benzene rings is 1. The fourth-order valence-corrected chi connectivity index (χ4v) is 1.54. The highest BCUT2D eigenvalue weighted by atomic mass is 16.5. The summed E-state index contributed by atoms with van der Waals surface area (Å²) in [6, 6.07) is 8.11. The lowest BCUT2D eigenvalue weighted by Gasteiger charge is -2.18. The summed E-state index contributed by atoms with van der Waals surface area (Å²) in [7, 11) is 0. The first-order valence-corrected chi connectivity index (χ1v) is 6.53. The van der Waals surface area contributed by atoms with Crippen LogP contribution in [0.3, 0.4) is 0 Å². The van der Waals surface area contributed by atoms with Gasteiger partial charge in [-0.2, -0.15) is 0 Å². The lowest BCUT2D eigenvalue weighted by Crippen LogP contribution is -2.37. The van der Waals surface area contributed by atoms with Crippen molar-refractivity contribution in [2.45, 2.75) is 39.2 Å². The van der Waals surface area contributed by atoms with E-state index in [-0.39, 0.29) is 5.54 Å². The van der Waals surface area contributed by atoms with Crippen LogP contribution in [0, 0.1) is 6.92 Å². The minimum Gasteiger partial charge on any atom is -0.494 e. The van der Waals surface area contributed by atoms with Gasteiger partial charge in [0.25, 0.3) is 0 Å². The van der Waals surface area contributed by atoms with E-state index in [4.69, 9.17) is 15.2 Å². The van der Waals surface area contributed by atoms with Crippen LogP contribution in [0.2, 0.25) is 0 Å². The maximum Gasteiger partial charge on any atom is 0.119 e. The van der Waals surface area contributed by atoms with E-state index in [1.54, 1.807) is 0 Å². The summed E-state index contributed by atoms with van der Waals surface area (Å²) in [6.45, 7) is 8.08. The van der Waals surface area contributed by atoms with Gasteiger partial charge in [-0.05, 0) is 51.3 Å². The highest BCUT2D eigenvalue weighted by molar-refractivity contribution is 5.27. The summed E-state index contributed by atoms with van der Waals surface area (Å²) in [5.74, 6) is 0.944. The normalized spacial score (nSPS) is 11.6. The number of rotatable bonds is 8. The molecule has 0 unspecified atom stereocenters. The predicted octanol–water partition coefficient (Wildman–Crippen LogP) is 2.91. The molecule has 0 aliphatic carbocycles. The highest BCUT2D eigenvalue weighted by Gasteiger charge is 2.09. The van der Waals surface area contributed by atoms with E-state index < -0.39 is 0 Å². The molecule has 0 fully saturated rings. The van der Waals surface area contributed by atoms with Gasteiger partial charge in [0.1, 0.15) is 5.75 Å². The molecular formula is C15H25NO2. The highest BCUT2D eigenvalue weighted by Crippen LogP contribution is 2.12. The first kappa shape index (κ1) is 15.0. The summed E-state index contributed by atoms with van der Waals surface area (Å²) < 4.78 is 11.1. The summed E-state index contributed by atoms with van der Waals surface area (Å²) in [5, 5.41) is 0. The van der Waals surface area contributed by atoms with Crippen molar-refractivity contribution in [3.05, 3.63) is 29.8 Å². The van der Waals surface area contributed by atoms with Gasteiger partial charge in [0.05, 0.1) is 13.2 Å². The maximum atomic E-state index is 5.82. The van der Waals surface area contributed by atoms with Gasteiger partial charge in [-0.25, -0.2) is 0 Å². The van der Waals surface area contributed by atoms with Gasteiger partial charge in [-0.1, -0.05) is 12.1 Å². The number of unbranched alkanes of at least 4 members (excludes halogenated alkanes) is 1. The van der Waals surface area contributed by atoms with E-state index in [1.807, 2.05) is 32.0 Å². The van der Waals surface area contributed by atoms with E-state index in [1.165, 1.54) is 5.56 Å². The summed E-state index contributed by atoms with van der Waals surface area (Å²) in [6.07, 6.45) is 2.00. The Hall–Kier alpha value is -1.06. The van der Waals surface area contributed by atoms with Crippen LogP contribution in [-0.2, 0) is 4.74 Å². The topological polar surface area (TPSA) is 44.5 Å². The Morgan fingerprint density at radius 3 is 2.56 bits per heavy atom. The third-order valence-electron chi connectivity index (χ3n) is 2.42. The van der Waals surface area contributed by atoms with E-state index in [9.17, 15) is 0 Å². The average Bonchev–Trinajstić information content (AvgIpc) is 2.26. The smallest absolute Gasteiger partial charge is 0.119 e. The van der Waals surface area contributed by atoms with Gasteiger partial charge >= 0.3 is 0 Å². The van der Waals surface area contributed by atoms with Crippen molar-refractivity contribution in [1.82, 2.24) is 0 Å². The molecule has 0 amide bonds. The van der Waals surface area contributed by atoms with Gasteiger partial charge in [0.15, 0.2) is 0 Å². The lowest BCUT2D eigenvalue weighted by atomic mass is 10.1. The molecule has 0 saturated heterocycles. The van der Waals surface area contributed by atoms with Crippen LogP contribution < -0.4 is 10.5 Å². The molecule has 0 radical (unpaired) electrons. The second-order valence-corrected chi connectivity index (χ2v) is 5.41. The van der Waals surface area contributed by atoms with Crippen molar-refractivity contribution in [3.8, 4) is 5.75 Å². The average molecular weight is 251 g/mol. The summed E-state index contributed by atoms with van der Waals surface area (Å²) in [4.78, 5) is 0. The predicted molar refractivity (Wildman–Crippen MR) is 75.0 cm³/mol. The molecule has 1 aromatic rings.